The summed E-state index contributed by atoms with van der Waals surface area (Å²) < 4.78 is 20.1. The fraction of sp³-hybridized carbons (Fsp3) is 0.519. The highest BCUT2D eigenvalue weighted by atomic mass is 32.2. The molecule has 0 aromatic heterocycles. The Morgan fingerprint density at radius 2 is 1.69 bits per heavy atom. The molecule has 0 saturated carbocycles. The van der Waals surface area contributed by atoms with E-state index in [2.05, 4.69) is 42.2 Å². The molecule has 1 atom stereocenters. The predicted octanol–water partition coefficient (Wildman–Crippen LogP) is 4.13. The second-order valence-electron chi connectivity index (χ2n) is 9.67. The summed E-state index contributed by atoms with van der Waals surface area (Å²) in [6.45, 7) is 8.44. The monoisotopic (exact) mass is 500 g/mol. The van der Waals surface area contributed by atoms with Gasteiger partial charge in [0.15, 0.2) is 0 Å². The standard InChI is InChI=1S/C27H40N4O3S/c1-19-16-22(8-9-25(19)31-14-10-23(11-15-31)29(4)5)28-26(32)12-13-30(6)35(33)27-20(2)17-24(34-7)18-21(27)3/h8-9,16-18,23H,10-15H2,1-7H3,(H,28,32). The molecule has 2 aromatic carbocycles. The zero-order valence-electron chi connectivity index (χ0n) is 22.2. The summed E-state index contributed by atoms with van der Waals surface area (Å²) in [5.74, 6) is 0.665. The van der Waals surface area contributed by atoms with Crippen molar-refractivity contribution in [1.29, 1.82) is 0 Å². The number of piperidine rings is 1. The minimum atomic E-state index is -1.35. The van der Waals surface area contributed by atoms with Gasteiger partial charge < -0.3 is 19.9 Å². The highest BCUT2D eigenvalue weighted by Crippen LogP contribution is 2.28. The third-order valence-corrected chi connectivity index (χ3v) is 8.54. The van der Waals surface area contributed by atoms with Gasteiger partial charge in [-0.2, -0.15) is 0 Å². The van der Waals surface area contributed by atoms with E-state index >= 15 is 0 Å². The lowest BCUT2D eigenvalue weighted by molar-refractivity contribution is -0.116. The Hall–Kier alpha value is -2.42. The van der Waals surface area contributed by atoms with Crippen molar-refractivity contribution in [1.82, 2.24) is 9.21 Å². The molecule has 1 unspecified atom stereocenters. The number of methoxy groups -OCH3 is 1. The molecule has 1 amide bonds. The van der Waals surface area contributed by atoms with Crippen molar-refractivity contribution in [2.75, 3.05) is 58.1 Å². The Morgan fingerprint density at radius 1 is 1.06 bits per heavy atom. The van der Waals surface area contributed by atoms with Crippen LogP contribution in [0.5, 0.6) is 5.75 Å². The maximum atomic E-state index is 13.1. The van der Waals surface area contributed by atoms with Crippen LogP contribution in [0.3, 0.4) is 0 Å². The third kappa shape index (κ3) is 6.84. The van der Waals surface area contributed by atoms with Gasteiger partial charge in [-0.3, -0.25) is 4.79 Å². The van der Waals surface area contributed by atoms with Crippen molar-refractivity contribution < 1.29 is 13.7 Å². The first kappa shape index (κ1) is 27.2. The molecule has 2 aromatic rings. The molecule has 0 bridgehead atoms. The lowest BCUT2D eigenvalue weighted by Gasteiger charge is -2.37. The molecule has 192 valence electrons. The molecule has 8 heteroatoms. The van der Waals surface area contributed by atoms with Crippen LogP contribution in [0, 0.1) is 20.8 Å². The molecule has 1 heterocycles. The Kier molecular flexibility index (Phi) is 9.33. The topological polar surface area (TPSA) is 65.1 Å². The van der Waals surface area contributed by atoms with Crippen molar-refractivity contribution >= 4 is 28.3 Å². The highest BCUT2D eigenvalue weighted by Gasteiger charge is 2.22. The van der Waals surface area contributed by atoms with E-state index in [0.717, 1.165) is 59.0 Å². The zero-order valence-corrected chi connectivity index (χ0v) is 23.0. The largest absolute Gasteiger partial charge is 0.497 e. The number of carbonyl (C=O) groups excluding carboxylic acids is 1. The fourth-order valence-electron chi connectivity index (χ4n) is 4.74. The molecule has 35 heavy (non-hydrogen) atoms. The molecular formula is C27H40N4O3S. The van der Waals surface area contributed by atoms with E-state index in [1.807, 2.05) is 38.1 Å². The van der Waals surface area contributed by atoms with Crippen LogP contribution in [0.15, 0.2) is 35.2 Å². The Morgan fingerprint density at radius 3 is 2.23 bits per heavy atom. The van der Waals surface area contributed by atoms with Crippen LogP contribution >= 0.6 is 0 Å². The summed E-state index contributed by atoms with van der Waals surface area (Å²) in [6, 6.07) is 10.5. The Labute approximate surface area is 213 Å². The van der Waals surface area contributed by atoms with Crippen molar-refractivity contribution in [2.45, 2.75) is 51.0 Å². The van der Waals surface area contributed by atoms with Crippen molar-refractivity contribution in [3.8, 4) is 5.75 Å². The SMILES string of the molecule is COc1cc(C)c(S(=O)N(C)CCC(=O)Nc2ccc(N3CCC(N(C)C)CC3)c(C)c2)c(C)c1. The molecule has 1 N–H and O–H groups in total. The average molecular weight is 501 g/mol. The maximum Gasteiger partial charge on any atom is 0.225 e. The number of hydrogen-bond acceptors (Lipinski definition) is 5. The van der Waals surface area contributed by atoms with Gasteiger partial charge in [-0.1, -0.05) is 0 Å². The summed E-state index contributed by atoms with van der Waals surface area (Å²) in [5.41, 5.74) is 5.02. The lowest BCUT2D eigenvalue weighted by atomic mass is 10.0. The van der Waals surface area contributed by atoms with Gasteiger partial charge in [-0.05, 0) is 94.7 Å². The molecule has 3 rings (SSSR count). The normalized spacial score (nSPS) is 15.5. The van der Waals surface area contributed by atoms with E-state index in [1.54, 1.807) is 18.5 Å². The first-order valence-electron chi connectivity index (χ1n) is 12.2. The van der Waals surface area contributed by atoms with Gasteiger partial charge >= 0.3 is 0 Å². The first-order chi connectivity index (χ1) is 16.6. The van der Waals surface area contributed by atoms with Gasteiger partial charge in [0.2, 0.25) is 5.91 Å². The highest BCUT2D eigenvalue weighted by molar-refractivity contribution is 7.82. The van der Waals surface area contributed by atoms with Crippen molar-refractivity contribution in [2.24, 2.45) is 0 Å². The van der Waals surface area contributed by atoms with Crippen LogP contribution < -0.4 is 15.0 Å². The van der Waals surface area contributed by atoms with E-state index in [-0.39, 0.29) is 12.3 Å². The summed E-state index contributed by atoms with van der Waals surface area (Å²) >= 11 is 0. The molecule has 1 saturated heterocycles. The number of rotatable bonds is 9. The van der Waals surface area contributed by atoms with Gasteiger partial charge in [-0.15, -0.1) is 0 Å². The minimum Gasteiger partial charge on any atom is -0.497 e. The molecule has 0 radical (unpaired) electrons. The number of ether oxygens (including phenoxy) is 1. The van der Waals surface area contributed by atoms with E-state index < -0.39 is 11.0 Å². The first-order valence-corrected chi connectivity index (χ1v) is 13.3. The van der Waals surface area contributed by atoms with E-state index in [4.69, 9.17) is 4.74 Å². The molecule has 1 aliphatic heterocycles. The Balaban J connectivity index is 1.54. The van der Waals surface area contributed by atoms with E-state index in [0.29, 0.717) is 12.6 Å². The third-order valence-electron chi connectivity index (χ3n) is 6.80. The minimum absolute atomic E-state index is 0.0871. The van der Waals surface area contributed by atoms with Gasteiger partial charge in [0, 0.05) is 50.5 Å². The molecule has 0 spiro atoms. The molecule has 7 nitrogen and oxygen atoms in total. The van der Waals surface area contributed by atoms with Gasteiger partial charge in [0.05, 0.1) is 12.0 Å². The maximum absolute atomic E-state index is 13.1. The van der Waals surface area contributed by atoms with E-state index in [9.17, 15) is 9.00 Å². The van der Waals surface area contributed by atoms with Crippen LogP contribution in [0.4, 0.5) is 11.4 Å². The van der Waals surface area contributed by atoms with Crippen LogP contribution in [-0.2, 0) is 15.8 Å². The lowest BCUT2D eigenvalue weighted by Crippen LogP contribution is -2.42. The number of hydrogen-bond donors (Lipinski definition) is 1. The van der Waals surface area contributed by atoms with Crippen LogP contribution in [0.2, 0.25) is 0 Å². The van der Waals surface area contributed by atoms with Gasteiger partial charge in [0.1, 0.15) is 16.7 Å². The number of anilines is 2. The summed E-state index contributed by atoms with van der Waals surface area (Å²) in [6.07, 6.45) is 2.58. The van der Waals surface area contributed by atoms with Gasteiger partial charge in [-0.25, -0.2) is 8.51 Å². The van der Waals surface area contributed by atoms with Crippen molar-refractivity contribution in [3.05, 3.63) is 47.0 Å². The summed E-state index contributed by atoms with van der Waals surface area (Å²) in [4.78, 5) is 18.1. The number of aryl methyl sites for hydroxylation is 3. The quantitative estimate of drug-likeness (QED) is 0.561. The van der Waals surface area contributed by atoms with E-state index in [1.165, 1.54) is 5.69 Å². The summed E-state index contributed by atoms with van der Waals surface area (Å²) in [7, 11) is 6.36. The molecule has 1 fully saturated rings. The summed E-state index contributed by atoms with van der Waals surface area (Å²) in [5, 5.41) is 3.00. The number of carbonyl (C=O) groups is 1. The number of nitrogens with one attached hydrogen (secondary N) is 1. The molecular weight excluding hydrogens is 460 g/mol. The van der Waals surface area contributed by atoms with Crippen LogP contribution in [0.1, 0.15) is 36.0 Å². The smallest absolute Gasteiger partial charge is 0.225 e. The Bertz CT molecular complexity index is 1040. The van der Waals surface area contributed by atoms with Gasteiger partial charge in [0.25, 0.3) is 0 Å². The predicted molar refractivity (Wildman–Crippen MR) is 145 cm³/mol. The van der Waals surface area contributed by atoms with Crippen LogP contribution in [-0.4, -0.2) is 73.3 Å². The second-order valence-corrected chi connectivity index (χ2v) is 11.2. The average Bonchev–Trinajstić information content (AvgIpc) is 2.82. The zero-order chi connectivity index (χ0) is 25.7. The molecule has 1 aliphatic rings. The second kappa shape index (κ2) is 12.0. The number of benzene rings is 2. The van der Waals surface area contributed by atoms with Crippen LogP contribution in [0.25, 0.3) is 0 Å². The number of nitrogens with zero attached hydrogens (tertiary/aromatic N) is 3. The fourth-order valence-corrected chi connectivity index (χ4v) is 5.97. The van der Waals surface area contributed by atoms with Crippen molar-refractivity contribution in [3.63, 3.8) is 0 Å². The molecule has 0 aliphatic carbocycles. The number of amides is 1.